The number of halogens is 2. The Labute approximate surface area is 118 Å². The first-order chi connectivity index (χ1) is 8.49. The maximum atomic E-state index is 12.2. The van der Waals surface area contributed by atoms with Crippen molar-refractivity contribution in [3.05, 3.63) is 28.2 Å². The lowest BCUT2D eigenvalue weighted by atomic mass is 9.96. The molecule has 1 saturated carbocycles. The highest BCUT2D eigenvalue weighted by Gasteiger charge is 2.22. The third-order valence-corrected chi connectivity index (χ3v) is 5.39. The summed E-state index contributed by atoms with van der Waals surface area (Å²) in [5.74, 6) is 0. The third kappa shape index (κ3) is 3.38. The minimum absolute atomic E-state index is 0.0400. The van der Waals surface area contributed by atoms with Crippen LogP contribution < -0.4 is 4.72 Å². The fraction of sp³-hybridized carbons (Fsp3) is 0.500. The average Bonchev–Trinajstić information content (AvgIpc) is 2.33. The van der Waals surface area contributed by atoms with Gasteiger partial charge >= 0.3 is 0 Å². The molecule has 0 heterocycles. The molecule has 1 aliphatic carbocycles. The van der Waals surface area contributed by atoms with Crippen molar-refractivity contribution < 1.29 is 8.42 Å². The lowest BCUT2D eigenvalue weighted by Crippen LogP contribution is -2.36. The van der Waals surface area contributed by atoms with Gasteiger partial charge < -0.3 is 0 Å². The predicted molar refractivity (Wildman–Crippen MR) is 73.7 cm³/mol. The van der Waals surface area contributed by atoms with Gasteiger partial charge in [0.15, 0.2) is 0 Å². The highest BCUT2D eigenvalue weighted by Crippen LogP contribution is 2.26. The number of hydrogen-bond donors (Lipinski definition) is 1. The third-order valence-electron chi connectivity index (χ3n) is 3.13. The molecule has 3 nitrogen and oxygen atoms in total. The number of rotatable bonds is 3. The molecule has 0 aliphatic heterocycles. The van der Waals surface area contributed by atoms with Crippen LogP contribution in [0.3, 0.4) is 0 Å². The normalized spacial score (nSPS) is 17.9. The van der Waals surface area contributed by atoms with Crippen LogP contribution in [0.5, 0.6) is 0 Å². The molecule has 1 N–H and O–H groups in total. The molecule has 0 spiro atoms. The van der Waals surface area contributed by atoms with Gasteiger partial charge in [0, 0.05) is 6.04 Å². The Morgan fingerprint density at radius 2 is 1.72 bits per heavy atom. The summed E-state index contributed by atoms with van der Waals surface area (Å²) >= 11 is 11.6. The van der Waals surface area contributed by atoms with Gasteiger partial charge in [0.25, 0.3) is 0 Å². The van der Waals surface area contributed by atoms with E-state index in [9.17, 15) is 8.42 Å². The summed E-state index contributed by atoms with van der Waals surface area (Å²) in [6.45, 7) is 0. The standard InChI is InChI=1S/C12H15Cl2NO2S/c13-11-7-6-10(8-12(11)14)18(16,17)15-9-4-2-1-3-5-9/h6-9,15H,1-5H2. The van der Waals surface area contributed by atoms with Crippen LogP contribution in [-0.2, 0) is 10.0 Å². The van der Waals surface area contributed by atoms with Crippen LogP contribution in [0.1, 0.15) is 32.1 Å². The average molecular weight is 308 g/mol. The van der Waals surface area contributed by atoms with Gasteiger partial charge in [-0.2, -0.15) is 0 Å². The summed E-state index contributed by atoms with van der Waals surface area (Å²) in [4.78, 5) is 0.169. The Bertz CT molecular complexity index is 525. The fourth-order valence-electron chi connectivity index (χ4n) is 2.15. The molecule has 1 aromatic carbocycles. The Kier molecular flexibility index (Phi) is 4.54. The van der Waals surface area contributed by atoms with Crippen LogP contribution in [0.25, 0.3) is 0 Å². The molecule has 6 heteroatoms. The Hall–Kier alpha value is -0.290. The Morgan fingerprint density at radius 3 is 2.33 bits per heavy atom. The molecular weight excluding hydrogens is 293 g/mol. The molecule has 0 amide bonds. The molecule has 2 rings (SSSR count). The van der Waals surface area contributed by atoms with Gasteiger partial charge in [-0.3, -0.25) is 0 Å². The van der Waals surface area contributed by atoms with Crippen molar-refractivity contribution >= 4 is 33.2 Å². The second-order valence-corrected chi connectivity index (χ2v) is 7.06. The molecule has 0 bridgehead atoms. The van der Waals surface area contributed by atoms with E-state index >= 15 is 0 Å². The Morgan fingerprint density at radius 1 is 1.06 bits per heavy atom. The minimum atomic E-state index is -3.49. The van der Waals surface area contributed by atoms with E-state index in [1.54, 1.807) is 0 Å². The van der Waals surface area contributed by atoms with Crippen molar-refractivity contribution in [2.75, 3.05) is 0 Å². The number of sulfonamides is 1. The maximum absolute atomic E-state index is 12.2. The molecule has 1 fully saturated rings. The van der Waals surface area contributed by atoms with E-state index in [-0.39, 0.29) is 16.0 Å². The van der Waals surface area contributed by atoms with Crippen LogP contribution in [0, 0.1) is 0 Å². The smallest absolute Gasteiger partial charge is 0.208 e. The number of nitrogens with one attached hydrogen (secondary N) is 1. The predicted octanol–water partition coefficient (Wildman–Crippen LogP) is 3.60. The largest absolute Gasteiger partial charge is 0.240 e. The molecule has 0 atom stereocenters. The second-order valence-electron chi connectivity index (χ2n) is 4.53. The quantitative estimate of drug-likeness (QED) is 0.927. The van der Waals surface area contributed by atoms with Gasteiger partial charge in [0.1, 0.15) is 0 Å². The summed E-state index contributed by atoms with van der Waals surface area (Å²) in [7, 11) is -3.49. The molecule has 0 aromatic heterocycles. The number of benzene rings is 1. The van der Waals surface area contributed by atoms with Gasteiger partial charge in [-0.1, -0.05) is 42.5 Å². The molecule has 1 aliphatic rings. The molecule has 100 valence electrons. The summed E-state index contributed by atoms with van der Waals surface area (Å²) in [5.41, 5.74) is 0. The topological polar surface area (TPSA) is 46.2 Å². The zero-order valence-corrected chi connectivity index (χ0v) is 12.2. The van der Waals surface area contributed by atoms with Gasteiger partial charge in [-0.15, -0.1) is 0 Å². The highest BCUT2D eigenvalue weighted by atomic mass is 35.5. The van der Waals surface area contributed by atoms with Crippen molar-refractivity contribution in [3.8, 4) is 0 Å². The van der Waals surface area contributed by atoms with Crippen molar-refractivity contribution in [1.29, 1.82) is 0 Å². The monoisotopic (exact) mass is 307 g/mol. The van der Waals surface area contributed by atoms with Gasteiger partial charge in [-0.25, -0.2) is 13.1 Å². The second kappa shape index (κ2) is 5.78. The molecule has 0 saturated heterocycles. The first-order valence-electron chi connectivity index (χ1n) is 5.96. The van der Waals surface area contributed by atoms with Crippen LogP contribution in [0.4, 0.5) is 0 Å². The van der Waals surface area contributed by atoms with E-state index in [2.05, 4.69) is 4.72 Å². The van der Waals surface area contributed by atoms with Crippen LogP contribution >= 0.6 is 23.2 Å². The van der Waals surface area contributed by atoms with Crippen LogP contribution in [0.2, 0.25) is 10.0 Å². The van der Waals surface area contributed by atoms with E-state index in [0.29, 0.717) is 5.02 Å². The minimum Gasteiger partial charge on any atom is -0.208 e. The molecule has 1 aromatic rings. The fourth-order valence-corrected chi connectivity index (χ4v) is 3.85. The highest BCUT2D eigenvalue weighted by molar-refractivity contribution is 7.89. The molecule has 0 unspecified atom stereocenters. The van der Waals surface area contributed by atoms with Gasteiger partial charge in [0.05, 0.1) is 14.9 Å². The van der Waals surface area contributed by atoms with E-state index in [4.69, 9.17) is 23.2 Å². The summed E-state index contributed by atoms with van der Waals surface area (Å²) < 4.78 is 27.0. The summed E-state index contributed by atoms with van der Waals surface area (Å²) in [6.07, 6.45) is 5.15. The van der Waals surface area contributed by atoms with Crippen molar-refractivity contribution in [1.82, 2.24) is 4.72 Å². The lowest BCUT2D eigenvalue weighted by Gasteiger charge is -2.22. The first kappa shape index (κ1) is 14.1. The zero-order chi connectivity index (χ0) is 13.2. The van der Waals surface area contributed by atoms with E-state index in [1.165, 1.54) is 24.6 Å². The lowest BCUT2D eigenvalue weighted by molar-refractivity contribution is 0.412. The maximum Gasteiger partial charge on any atom is 0.240 e. The summed E-state index contributed by atoms with van der Waals surface area (Å²) in [6, 6.07) is 4.39. The van der Waals surface area contributed by atoms with Crippen molar-refractivity contribution in [2.45, 2.75) is 43.0 Å². The van der Waals surface area contributed by atoms with Crippen molar-refractivity contribution in [2.24, 2.45) is 0 Å². The van der Waals surface area contributed by atoms with E-state index in [1.807, 2.05) is 0 Å². The molecular formula is C12H15Cl2NO2S. The van der Waals surface area contributed by atoms with E-state index < -0.39 is 10.0 Å². The van der Waals surface area contributed by atoms with Crippen molar-refractivity contribution in [3.63, 3.8) is 0 Å². The Balaban J connectivity index is 2.16. The summed E-state index contributed by atoms with van der Waals surface area (Å²) in [5, 5.41) is 0.608. The number of hydrogen-bond acceptors (Lipinski definition) is 2. The van der Waals surface area contributed by atoms with E-state index in [0.717, 1.165) is 25.7 Å². The molecule has 18 heavy (non-hydrogen) atoms. The SMILES string of the molecule is O=S(=O)(NC1CCCCC1)c1ccc(Cl)c(Cl)c1. The van der Waals surface area contributed by atoms with Crippen LogP contribution in [-0.4, -0.2) is 14.5 Å². The zero-order valence-electron chi connectivity index (χ0n) is 9.83. The molecule has 0 radical (unpaired) electrons. The van der Waals surface area contributed by atoms with Gasteiger partial charge in [0.2, 0.25) is 10.0 Å². The van der Waals surface area contributed by atoms with Gasteiger partial charge in [-0.05, 0) is 31.0 Å². The van der Waals surface area contributed by atoms with Crippen LogP contribution in [0.15, 0.2) is 23.1 Å². The first-order valence-corrected chi connectivity index (χ1v) is 8.20.